The largest absolute Gasteiger partial charge is 0.352 e. The maximum atomic E-state index is 12.3. The molecule has 0 atom stereocenters. The minimum absolute atomic E-state index is 0.0208. The molecular weight excluding hydrogens is 402 g/mol. The van der Waals surface area contributed by atoms with Crippen molar-refractivity contribution in [3.05, 3.63) is 59.7 Å². The first-order valence-electron chi connectivity index (χ1n) is 8.51. The van der Waals surface area contributed by atoms with E-state index < -0.39 is 26.0 Å². The Morgan fingerprint density at radius 1 is 1.00 bits per heavy atom. The van der Waals surface area contributed by atoms with Gasteiger partial charge in [0.15, 0.2) is 0 Å². The third kappa shape index (κ3) is 6.13. The number of carbonyl (C=O) groups is 1. The Bertz CT molecular complexity index is 1050. The van der Waals surface area contributed by atoms with Gasteiger partial charge in [0.2, 0.25) is 20.0 Å². The number of carbonyl (C=O) groups excluding carboxylic acids is 1. The predicted molar refractivity (Wildman–Crippen MR) is 106 cm³/mol. The number of amides is 1. The molecule has 8 nitrogen and oxygen atoms in total. The van der Waals surface area contributed by atoms with E-state index in [1.165, 1.54) is 36.4 Å². The minimum Gasteiger partial charge on any atom is -0.352 e. The third-order valence-corrected chi connectivity index (χ3v) is 6.33. The molecule has 0 unspecified atom stereocenters. The Kier molecular flexibility index (Phi) is 6.94. The zero-order chi connectivity index (χ0) is 20.9. The molecule has 0 aliphatic carbocycles. The average Bonchev–Trinajstić information content (AvgIpc) is 2.60. The molecule has 28 heavy (non-hydrogen) atoms. The van der Waals surface area contributed by atoms with Crippen molar-refractivity contribution in [2.24, 2.45) is 5.14 Å². The SMILES string of the molecule is CC(C)NS(=O)(=O)c1cccc(C(=O)NCCc2ccc(S(N)(=O)=O)cc2)c1. The summed E-state index contributed by atoms with van der Waals surface area (Å²) in [6.07, 6.45) is 0.476. The van der Waals surface area contributed by atoms with Crippen LogP contribution in [0.4, 0.5) is 0 Å². The maximum absolute atomic E-state index is 12.3. The van der Waals surface area contributed by atoms with Crippen LogP contribution in [0.1, 0.15) is 29.8 Å². The van der Waals surface area contributed by atoms with Gasteiger partial charge in [0.1, 0.15) is 0 Å². The highest BCUT2D eigenvalue weighted by molar-refractivity contribution is 7.89. The zero-order valence-electron chi connectivity index (χ0n) is 15.5. The van der Waals surface area contributed by atoms with Gasteiger partial charge in [-0.15, -0.1) is 0 Å². The standard InChI is InChI=1S/C18H23N3O5S2/c1-13(2)21-28(25,26)17-5-3-4-15(12-17)18(22)20-11-10-14-6-8-16(9-7-14)27(19,23)24/h3-9,12-13,21H,10-11H2,1-2H3,(H,20,22)(H2,19,23,24). The fourth-order valence-electron chi connectivity index (χ4n) is 2.45. The first kappa shape index (κ1) is 22.0. The Labute approximate surface area is 165 Å². The minimum atomic E-state index is -3.74. The van der Waals surface area contributed by atoms with Gasteiger partial charge in [-0.25, -0.2) is 26.7 Å². The maximum Gasteiger partial charge on any atom is 0.251 e. The van der Waals surface area contributed by atoms with Gasteiger partial charge in [0, 0.05) is 18.2 Å². The van der Waals surface area contributed by atoms with Gasteiger partial charge in [-0.2, -0.15) is 0 Å². The van der Waals surface area contributed by atoms with Gasteiger partial charge >= 0.3 is 0 Å². The second-order valence-corrected chi connectivity index (χ2v) is 9.77. The number of nitrogens with two attached hydrogens (primary N) is 1. The second kappa shape index (κ2) is 8.82. The first-order valence-corrected chi connectivity index (χ1v) is 11.5. The van der Waals surface area contributed by atoms with E-state index in [0.717, 1.165) is 5.56 Å². The molecule has 0 heterocycles. The molecule has 2 aromatic carbocycles. The molecule has 0 radical (unpaired) electrons. The first-order chi connectivity index (χ1) is 13.0. The quantitative estimate of drug-likeness (QED) is 0.580. The van der Waals surface area contributed by atoms with Gasteiger partial charge in [0.05, 0.1) is 9.79 Å². The summed E-state index contributed by atoms with van der Waals surface area (Å²) < 4.78 is 49.4. The lowest BCUT2D eigenvalue weighted by Crippen LogP contribution is -2.30. The number of primary sulfonamides is 1. The number of benzene rings is 2. The number of hydrogen-bond acceptors (Lipinski definition) is 5. The number of hydrogen-bond donors (Lipinski definition) is 3. The number of sulfonamides is 2. The predicted octanol–water partition coefficient (Wildman–Crippen LogP) is 0.993. The highest BCUT2D eigenvalue weighted by Gasteiger charge is 2.17. The zero-order valence-corrected chi connectivity index (χ0v) is 17.2. The van der Waals surface area contributed by atoms with Crippen LogP contribution in [-0.4, -0.2) is 35.3 Å². The number of nitrogens with one attached hydrogen (secondary N) is 2. The molecule has 0 aromatic heterocycles. The summed E-state index contributed by atoms with van der Waals surface area (Å²) in [5, 5.41) is 7.76. The van der Waals surface area contributed by atoms with Gasteiger partial charge in [-0.1, -0.05) is 18.2 Å². The Hall–Kier alpha value is -2.27. The highest BCUT2D eigenvalue weighted by Crippen LogP contribution is 2.12. The van der Waals surface area contributed by atoms with Crippen molar-refractivity contribution in [3.63, 3.8) is 0 Å². The van der Waals surface area contributed by atoms with Crippen molar-refractivity contribution in [1.29, 1.82) is 0 Å². The van der Waals surface area contributed by atoms with Crippen LogP contribution >= 0.6 is 0 Å². The van der Waals surface area contributed by atoms with Crippen molar-refractivity contribution in [2.75, 3.05) is 6.54 Å². The van der Waals surface area contributed by atoms with E-state index in [4.69, 9.17) is 5.14 Å². The Morgan fingerprint density at radius 2 is 1.64 bits per heavy atom. The van der Waals surface area contributed by atoms with Crippen molar-refractivity contribution >= 4 is 26.0 Å². The lowest BCUT2D eigenvalue weighted by atomic mass is 10.1. The Balaban J connectivity index is 1.99. The van der Waals surface area contributed by atoms with Crippen LogP contribution in [0.2, 0.25) is 0 Å². The van der Waals surface area contributed by atoms with Crippen LogP contribution in [0.15, 0.2) is 58.3 Å². The van der Waals surface area contributed by atoms with Crippen LogP contribution in [0.25, 0.3) is 0 Å². The molecule has 0 saturated carbocycles. The molecule has 2 aromatic rings. The van der Waals surface area contributed by atoms with Crippen LogP contribution in [0, 0.1) is 0 Å². The van der Waals surface area contributed by atoms with E-state index in [1.807, 2.05) is 0 Å². The summed E-state index contributed by atoms with van der Waals surface area (Å²) in [4.78, 5) is 12.3. The van der Waals surface area contributed by atoms with Crippen LogP contribution < -0.4 is 15.2 Å². The van der Waals surface area contributed by atoms with E-state index >= 15 is 0 Å². The summed E-state index contributed by atoms with van der Waals surface area (Å²) in [7, 11) is -7.42. The van der Waals surface area contributed by atoms with Gasteiger partial charge < -0.3 is 5.32 Å². The molecule has 152 valence electrons. The van der Waals surface area contributed by atoms with Crippen molar-refractivity contribution in [1.82, 2.24) is 10.0 Å². The summed E-state index contributed by atoms with van der Waals surface area (Å²) in [5.74, 6) is -0.400. The van der Waals surface area contributed by atoms with Gasteiger partial charge in [-0.05, 0) is 56.2 Å². The fourth-order valence-corrected chi connectivity index (χ4v) is 4.26. The topological polar surface area (TPSA) is 135 Å². The van der Waals surface area contributed by atoms with E-state index in [1.54, 1.807) is 26.0 Å². The molecule has 1 amide bonds. The summed E-state index contributed by atoms with van der Waals surface area (Å²) >= 11 is 0. The monoisotopic (exact) mass is 425 g/mol. The second-order valence-electron chi connectivity index (χ2n) is 6.50. The van der Waals surface area contributed by atoms with Gasteiger partial charge in [0.25, 0.3) is 5.91 Å². The van der Waals surface area contributed by atoms with E-state index in [2.05, 4.69) is 10.0 Å². The Morgan fingerprint density at radius 3 is 2.21 bits per heavy atom. The molecule has 4 N–H and O–H groups in total. The summed E-state index contributed by atoms with van der Waals surface area (Å²) in [6, 6.07) is 11.6. The van der Waals surface area contributed by atoms with E-state index in [9.17, 15) is 21.6 Å². The van der Waals surface area contributed by atoms with Crippen LogP contribution in [0.5, 0.6) is 0 Å². The van der Waals surface area contributed by atoms with Crippen molar-refractivity contribution in [2.45, 2.75) is 36.1 Å². The summed E-state index contributed by atoms with van der Waals surface area (Å²) in [5.41, 5.74) is 1.06. The van der Waals surface area contributed by atoms with Crippen LogP contribution in [-0.2, 0) is 26.5 Å². The third-order valence-electron chi connectivity index (χ3n) is 3.75. The van der Waals surface area contributed by atoms with Crippen LogP contribution in [0.3, 0.4) is 0 Å². The normalized spacial score (nSPS) is 12.1. The number of rotatable bonds is 8. The highest BCUT2D eigenvalue weighted by atomic mass is 32.2. The fraction of sp³-hybridized carbons (Fsp3) is 0.278. The van der Waals surface area contributed by atoms with Crippen molar-refractivity contribution in [3.8, 4) is 0 Å². The summed E-state index contributed by atoms with van der Waals surface area (Å²) in [6.45, 7) is 3.72. The van der Waals surface area contributed by atoms with Crippen molar-refractivity contribution < 1.29 is 21.6 Å². The molecule has 10 heteroatoms. The molecule has 2 rings (SSSR count). The average molecular weight is 426 g/mol. The lowest BCUT2D eigenvalue weighted by Gasteiger charge is -2.11. The molecule has 0 fully saturated rings. The molecule has 0 aliphatic rings. The van der Waals surface area contributed by atoms with E-state index in [0.29, 0.717) is 13.0 Å². The molecule has 0 saturated heterocycles. The smallest absolute Gasteiger partial charge is 0.251 e. The van der Waals surface area contributed by atoms with Gasteiger partial charge in [-0.3, -0.25) is 4.79 Å². The molecule has 0 spiro atoms. The van der Waals surface area contributed by atoms with E-state index in [-0.39, 0.29) is 21.4 Å². The molecule has 0 aliphatic heterocycles. The lowest BCUT2D eigenvalue weighted by molar-refractivity contribution is 0.0954. The molecular formula is C18H23N3O5S2. The molecule has 0 bridgehead atoms.